The normalized spacial score (nSPS) is 13.0. The van der Waals surface area contributed by atoms with E-state index < -0.39 is 18.2 Å². The van der Waals surface area contributed by atoms with Gasteiger partial charge in [0, 0.05) is 17.5 Å². The Morgan fingerprint density at radius 3 is 1.54 bits per heavy atom. The average Bonchev–Trinajstić information content (AvgIpc) is 2.00. The van der Waals surface area contributed by atoms with Crippen LogP contribution in [-0.2, 0) is 4.79 Å². The van der Waals surface area contributed by atoms with Crippen molar-refractivity contribution in [2.24, 2.45) is 0 Å². The molecule has 2 atom stereocenters. The Bertz CT molecular complexity index is 113. The van der Waals surface area contributed by atoms with E-state index in [2.05, 4.69) is 25.3 Å². The molecule has 7 heteroatoms. The molecule has 0 spiro atoms. The maximum atomic E-state index is 8.89. The molecule has 0 aliphatic carbocycles. The Morgan fingerprint density at radius 2 is 1.46 bits per heavy atom. The van der Waals surface area contributed by atoms with Crippen LogP contribution in [0.5, 0.6) is 0 Å². The van der Waals surface area contributed by atoms with Crippen molar-refractivity contribution >= 4 is 31.2 Å². The Labute approximate surface area is 101 Å². The van der Waals surface area contributed by atoms with Gasteiger partial charge in [0.25, 0.3) is 0 Å². The zero-order valence-electron chi connectivity index (χ0n) is 7.67. The quantitative estimate of drug-likeness (QED) is 0.285. The summed E-state index contributed by atoms with van der Waals surface area (Å²) in [6.07, 6.45) is -1.48. The van der Waals surface area contributed by atoms with Gasteiger partial charge < -0.3 is 20.1 Å². The molecule has 0 aliphatic rings. The molecule has 2 unspecified atom stereocenters. The maximum absolute atomic E-state index is 8.89. The predicted molar refractivity (Wildman–Crippen MR) is 50.4 cm³/mol. The van der Waals surface area contributed by atoms with Crippen molar-refractivity contribution in [1.82, 2.24) is 0 Å². The average molecular weight is 220 g/mol. The molecule has 0 saturated heterocycles. The first-order chi connectivity index (χ1) is 5.45. The summed E-state index contributed by atoms with van der Waals surface area (Å²) in [7, 11) is 0. The number of carboxylic acid groups (broad SMARTS) is 1. The monoisotopic (exact) mass is 220 g/mol. The Balaban J connectivity index is -0.000000173. The van der Waals surface area contributed by atoms with Crippen LogP contribution in [0, 0.1) is 0 Å². The van der Waals surface area contributed by atoms with Gasteiger partial charge in [-0.3, -0.25) is 0 Å². The zero-order chi connectivity index (χ0) is 10.1. The molecule has 0 fully saturated rings. The first kappa shape index (κ1) is 19.3. The van der Waals surface area contributed by atoms with E-state index in [9.17, 15) is 0 Å². The minimum atomic E-state index is -1.08. The third kappa shape index (κ3) is 19.2. The van der Waals surface area contributed by atoms with Gasteiger partial charge in [-0.25, -0.2) is 0 Å². The van der Waals surface area contributed by atoms with Gasteiger partial charge in [-0.2, -0.15) is 25.3 Å². The van der Waals surface area contributed by atoms with Gasteiger partial charge in [0.1, 0.15) is 0 Å². The fraction of sp³-hybridized carbons (Fsp3) is 0.833. The standard InChI is InChI=1S/C4H10O2S2.C2H4O2.Li/c5-3(1-7)4(6)2-8;1-2(3)4;/h3-8H,1-2H2;1H3,(H,3,4);/q;;+1/p-1. The third-order valence-electron chi connectivity index (χ3n) is 0.818. The molecule has 0 radical (unpaired) electrons. The number of carbonyl (C=O) groups is 1. The number of aliphatic hydroxyl groups is 2. The van der Waals surface area contributed by atoms with Gasteiger partial charge in [-0.05, 0) is 6.92 Å². The van der Waals surface area contributed by atoms with Crippen LogP contribution in [0.3, 0.4) is 0 Å². The summed E-state index contributed by atoms with van der Waals surface area (Å²) in [5.74, 6) is -0.524. The van der Waals surface area contributed by atoms with Crippen LogP contribution < -0.4 is 24.0 Å². The maximum Gasteiger partial charge on any atom is 1.00 e. The number of aliphatic carboxylic acids is 1. The molecule has 0 aromatic heterocycles. The third-order valence-corrected chi connectivity index (χ3v) is 1.57. The fourth-order valence-corrected chi connectivity index (χ4v) is 0.730. The van der Waals surface area contributed by atoms with Crippen LogP contribution in [0.25, 0.3) is 0 Å². The molecule has 13 heavy (non-hydrogen) atoms. The van der Waals surface area contributed by atoms with Crippen molar-refractivity contribution < 1.29 is 39.0 Å². The summed E-state index contributed by atoms with van der Waals surface area (Å²) in [4.78, 5) is 8.89. The molecule has 0 heterocycles. The van der Waals surface area contributed by atoms with Crippen molar-refractivity contribution in [2.45, 2.75) is 19.1 Å². The topological polar surface area (TPSA) is 80.6 Å². The molecule has 0 amide bonds. The van der Waals surface area contributed by atoms with Gasteiger partial charge >= 0.3 is 18.9 Å². The first-order valence-corrected chi connectivity index (χ1v) is 4.47. The van der Waals surface area contributed by atoms with Crippen LogP contribution in [-0.4, -0.2) is 39.9 Å². The number of carbonyl (C=O) groups excluding carboxylic acids is 1. The van der Waals surface area contributed by atoms with Crippen molar-refractivity contribution in [3.63, 3.8) is 0 Å². The van der Waals surface area contributed by atoms with Crippen LogP contribution in [0.1, 0.15) is 6.92 Å². The molecular formula is C6H13LiO4S2. The van der Waals surface area contributed by atoms with Crippen molar-refractivity contribution in [3.8, 4) is 0 Å². The van der Waals surface area contributed by atoms with E-state index in [1.807, 2.05) is 0 Å². The molecule has 0 bridgehead atoms. The van der Waals surface area contributed by atoms with Crippen LogP contribution in [0.15, 0.2) is 0 Å². The number of hydrogen-bond donors (Lipinski definition) is 4. The largest absolute Gasteiger partial charge is 1.00 e. The second kappa shape index (κ2) is 12.7. The fourth-order valence-electron chi connectivity index (χ4n) is 0.243. The molecule has 0 aliphatic heterocycles. The van der Waals surface area contributed by atoms with Crippen molar-refractivity contribution in [2.75, 3.05) is 11.5 Å². The van der Waals surface area contributed by atoms with Gasteiger partial charge in [0.05, 0.1) is 12.2 Å². The van der Waals surface area contributed by atoms with E-state index >= 15 is 0 Å². The van der Waals surface area contributed by atoms with Gasteiger partial charge in [-0.15, -0.1) is 0 Å². The van der Waals surface area contributed by atoms with Crippen LogP contribution in [0.4, 0.5) is 0 Å². The molecule has 2 N–H and O–H groups in total. The van der Waals surface area contributed by atoms with Crippen LogP contribution >= 0.6 is 25.3 Å². The number of thiol groups is 2. The summed E-state index contributed by atoms with van der Waals surface area (Å²) < 4.78 is 0. The Hall–Kier alpha value is 0.687. The summed E-state index contributed by atoms with van der Waals surface area (Å²) in [5.41, 5.74) is 0. The summed E-state index contributed by atoms with van der Waals surface area (Å²) in [6, 6.07) is 0. The number of aliphatic hydroxyl groups excluding tert-OH is 2. The second-order valence-electron chi connectivity index (χ2n) is 1.99. The SMILES string of the molecule is CC(=O)[O-].OC(CS)C(O)CS.[Li+]. The van der Waals surface area contributed by atoms with E-state index in [0.29, 0.717) is 0 Å². The van der Waals surface area contributed by atoms with E-state index in [1.165, 1.54) is 0 Å². The predicted octanol–water partition coefficient (Wildman–Crippen LogP) is -4.67. The molecular weight excluding hydrogens is 207 g/mol. The van der Waals surface area contributed by atoms with E-state index in [-0.39, 0.29) is 30.4 Å². The Kier molecular flexibility index (Phi) is 18.8. The molecule has 4 nitrogen and oxygen atoms in total. The van der Waals surface area contributed by atoms with E-state index in [4.69, 9.17) is 20.1 Å². The second-order valence-corrected chi connectivity index (χ2v) is 2.72. The van der Waals surface area contributed by atoms with Gasteiger partial charge in [0.15, 0.2) is 0 Å². The molecule has 0 aromatic rings. The summed E-state index contributed by atoms with van der Waals surface area (Å²) >= 11 is 7.53. The Morgan fingerprint density at radius 1 is 1.31 bits per heavy atom. The minimum absolute atomic E-state index is 0. The number of carboxylic acids is 1. The van der Waals surface area contributed by atoms with E-state index in [0.717, 1.165) is 6.92 Å². The number of rotatable bonds is 3. The van der Waals surface area contributed by atoms with Crippen LogP contribution in [0.2, 0.25) is 0 Å². The molecule has 74 valence electrons. The molecule has 0 aromatic carbocycles. The van der Waals surface area contributed by atoms with Crippen molar-refractivity contribution in [3.05, 3.63) is 0 Å². The summed E-state index contributed by atoms with van der Waals surface area (Å²) in [5, 5.41) is 26.4. The molecule has 0 rings (SSSR count). The minimum Gasteiger partial charge on any atom is -0.550 e. The number of hydrogen-bond acceptors (Lipinski definition) is 6. The first-order valence-electron chi connectivity index (χ1n) is 3.21. The van der Waals surface area contributed by atoms with Crippen molar-refractivity contribution in [1.29, 1.82) is 0 Å². The zero-order valence-corrected chi connectivity index (χ0v) is 9.46. The van der Waals surface area contributed by atoms with E-state index in [1.54, 1.807) is 0 Å². The molecule has 0 saturated carbocycles. The summed E-state index contributed by atoms with van der Waals surface area (Å²) in [6.45, 7) is 0.972. The van der Waals surface area contributed by atoms with Gasteiger partial charge in [-0.1, -0.05) is 0 Å². The van der Waals surface area contributed by atoms with Gasteiger partial charge in [0.2, 0.25) is 0 Å². The smallest absolute Gasteiger partial charge is 0.550 e.